The molecular weight excluding hydrogens is 325 g/mol. The van der Waals surface area contributed by atoms with Crippen LogP contribution >= 0.6 is 0 Å². The first kappa shape index (κ1) is 18.3. The fraction of sp³-hybridized carbons (Fsp3) is 0.217. The van der Waals surface area contributed by atoms with Crippen LogP contribution in [0.3, 0.4) is 0 Å². The summed E-state index contributed by atoms with van der Waals surface area (Å²) < 4.78 is 13.5. The molecule has 0 amide bonds. The Morgan fingerprint density at radius 1 is 0.731 bits per heavy atom. The maximum absolute atomic E-state index is 13.5. The Morgan fingerprint density at radius 2 is 1.27 bits per heavy atom. The third-order valence-electron chi connectivity index (χ3n) is 4.54. The molecule has 0 radical (unpaired) electrons. The van der Waals surface area contributed by atoms with E-state index in [-0.39, 0.29) is 18.5 Å². The van der Waals surface area contributed by atoms with Crippen molar-refractivity contribution >= 4 is 0 Å². The van der Waals surface area contributed by atoms with Gasteiger partial charge in [-0.15, -0.1) is 0 Å². The normalized spacial score (nSPS) is 12.3. The van der Waals surface area contributed by atoms with Gasteiger partial charge in [-0.2, -0.15) is 0 Å². The SMILES string of the molecule is OC[C@H](Cc1cccc(F)c1)N(Cc1ccccc1)Cc1ccccc1. The lowest BCUT2D eigenvalue weighted by molar-refractivity contribution is 0.109. The fourth-order valence-corrected chi connectivity index (χ4v) is 3.20. The van der Waals surface area contributed by atoms with Crippen LogP contribution in [0.5, 0.6) is 0 Å². The van der Waals surface area contributed by atoms with Crippen molar-refractivity contribution in [2.24, 2.45) is 0 Å². The van der Waals surface area contributed by atoms with Gasteiger partial charge >= 0.3 is 0 Å². The number of aliphatic hydroxyl groups is 1. The standard InChI is InChI=1S/C23H24FNO/c24-22-13-7-12-21(14-22)15-23(18-26)25(16-19-8-3-1-4-9-19)17-20-10-5-2-6-11-20/h1-14,23,26H,15-18H2/t23-/m0/s1. The van der Waals surface area contributed by atoms with Gasteiger partial charge in [0.05, 0.1) is 6.61 Å². The van der Waals surface area contributed by atoms with Gasteiger partial charge < -0.3 is 5.11 Å². The summed E-state index contributed by atoms with van der Waals surface area (Å²) in [4.78, 5) is 2.26. The van der Waals surface area contributed by atoms with E-state index in [4.69, 9.17) is 0 Å². The van der Waals surface area contributed by atoms with Crippen LogP contribution < -0.4 is 0 Å². The zero-order valence-corrected chi connectivity index (χ0v) is 14.8. The molecule has 0 aromatic heterocycles. The summed E-state index contributed by atoms with van der Waals surface area (Å²) in [6.07, 6.45) is 0.605. The smallest absolute Gasteiger partial charge is 0.123 e. The van der Waals surface area contributed by atoms with Crippen LogP contribution in [0.2, 0.25) is 0 Å². The average Bonchev–Trinajstić information content (AvgIpc) is 2.67. The molecule has 134 valence electrons. The highest BCUT2D eigenvalue weighted by Crippen LogP contribution is 2.17. The molecule has 0 aliphatic rings. The van der Waals surface area contributed by atoms with Crippen molar-refractivity contribution in [2.45, 2.75) is 25.6 Å². The molecule has 1 N–H and O–H groups in total. The van der Waals surface area contributed by atoms with Crippen LogP contribution in [0.1, 0.15) is 16.7 Å². The molecule has 0 bridgehead atoms. The molecule has 0 fully saturated rings. The van der Waals surface area contributed by atoms with Crippen molar-refractivity contribution in [1.82, 2.24) is 4.90 Å². The Bertz CT molecular complexity index is 750. The molecule has 3 aromatic rings. The molecule has 0 saturated heterocycles. The number of nitrogens with zero attached hydrogens (tertiary/aromatic N) is 1. The zero-order valence-electron chi connectivity index (χ0n) is 14.8. The van der Waals surface area contributed by atoms with Crippen molar-refractivity contribution in [3.8, 4) is 0 Å². The quantitative estimate of drug-likeness (QED) is 0.650. The van der Waals surface area contributed by atoms with Gasteiger partial charge in [-0.3, -0.25) is 4.90 Å². The molecule has 3 aromatic carbocycles. The van der Waals surface area contributed by atoms with Crippen molar-refractivity contribution in [2.75, 3.05) is 6.61 Å². The number of benzene rings is 3. The lowest BCUT2D eigenvalue weighted by Gasteiger charge is -2.31. The Balaban J connectivity index is 1.81. The van der Waals surface area contributed by atoms with Crippen LogP contribution in [0.4, 0.5) is 4.39 Å². The predicted octanol–water partition coefficient (Wildman–Crippen LogP) is 4.43. The van der Waals surface area contributed by atoms with E-state index >= 15 is 0 Å². The summed E-state index contributed by atoms with van der Waals surface area (Å²) in [7, 11) is 0. The summed E-state index contributed by atoms with van der Waals surface area (Å²) in [6.45, 7) is 1.49. The largest absolute Gasteiger partial charge is 0.395 e. The van der Waals surface area contributed by atoms with E-state index in [1.807, 2.05) is 42.5 Å². The summed E-state index contributed by atoms with van der Waals surface area (Å²) >= 11 is 0. The molecular formula is C23H24FNO. The molecule has 0 aliphatic carbocycles. The highest BCUT2D eigenvalue weighted by Gasteiger charge is 2.19. The molecule has 3 heteroatoms. The van der Waals surface area contributed by atoms with Crippen LogP contribution in [0, 0.1) is 5.82 Å². The second-order valence-electron chi connectivity index (χ2n) is 6.55. The van der Waals surface area contributed by atoms with Crippen LogP contribution in [0.25, 0.3) is 0 Å². The molecule has 1 atom stereocenters. The van der Waals surface area contributed by atoms with Gasteiger partial charge in [0.1, 0.15) is 5.82 Å². The van der Waals surface area contributed by atoms with Gasteiger partial charge in [0.25, 0.3) is 0 Å². The van der Waals surface area contributed by atoms with Gasteiger partial charge in [0.2, 0.25) is 0 Å². The Hall–Kier alpha value is -2.49. The molecule has 26 heavy (non-hydrogen) atoms. The lowest BCUT2D eigenvalue weighted by atomic mass is 10.0. The highest BCUT2D eigenvalue weighted by atomic mass is 19.1. The van der Waals surface area contributed by atoms with Crippen LogP contribution in [-0.2, 0) is 19.5 Å². The molecule has 0 heterocycles. The minimum absolute atomic E-state index is 0.0240. The molecule has 0 unspecified atom stereocenters. The maximum Gasteiger partial charge on any atom is 0.123 e. The average molecular weight is 349 g/mol. The number of hydrogen-bond donors (Lipinski definition) is 1. The first-order valence-corrected chi connectivity index (χ1v) is 8.92. The molecule has 0 aliphatic heterocycles. The predicted molar refractivity (Wildman–Crippen MR) is 103 cm³/mol. The van der Waals surface area contributed by atoms with Crippen LogP contribution in [-0.4, -0.2) is 22.7 Å². The van der Waals surface area contributed by atoms with E-state index in [0.29, 0.717) is 6.42 Å². The van der Waals surface area contributed by atoms with Crippen molar-refractivity contribution < 1.29 is 9.50 Å². The van der Waals surface area contributed by atoms with Gasteiger partial charge in [0, 0.05) is 19.1 Å². The number of rotatable bonds is 8. The number of aliphatic hydroxyl groups excluding tert-OH is 1. The maximum atomic E-state index is 13.5. The van der Waals surface area contributed by atoms with E-state index < -0.39 is 0 Å². The number of hydrogen-bond acceptors (Lipinski definition) is 2. The van der Waals surface area contributed by atoms with Crippen LogP contribution in [0.15, 0.2) is 84.9 Å². The van der Waals surface area contributed by atoms with Crippen molar-refractivity contribution in [3.05, 3.63) is 107 Å². The topological polar surface area (TPSA) is 23.5 Å². The summed E-state index contributed by atoms with van der Waals surface area (Å²) in [5.74, 6) is -0.239. The van der Waals surface area contributed by atoms with Gasteiger partial charge in [-0.1, -0.05) is 72.8 Å². The second kappa shape index (κ2) is 9.27. The summed E-state index contributed by atoms with van der Waals surface area (Å²) in [5.41, 5.74) is 3.29. The minimum atomic E-state index is -0.239. The fourth-order valence-electron chi connectivity index (χ4n) is 3.20. The van der Waals surface area contributed by atoms with E-state index in [1.54, 1.807) is 12.1 Å². The van der Waals surface area contributed by atoms with Crippen molar-refractivity contribution in [3.63, 3.8) is 0 Å². The van der Waals surface area contributed by atoms with E-state index in [9.17, 15) is 9.50 Å². The van der Waals surface area contributed by atoms with Crippen molar-refractivity contribution in [1.29, 1.82) is 0 Å². The summed E-state index contributed by atoms with van der Waals surface area (Å²) in [6, 6.07) is 27.0. The Labute approximate surface area is 154 Å². The van der Waals surface area contributed by atoms with E-state index in [1.165, 1.54) is 17.2 Å². The molecule has 0 saturated carbocycles. The molecule has 3 rings (SSSR count). The van der Waals surface area contributed by atoms with Gasteiger partial charge in [-0.25, -0.2) is 4.39 Å². The Morgan fingerprint density at radius 3 is 1.77 bits per heavy atom. The molecule has 0 spiro atoms. The second-order valence-corrected chi connectivity index (χ2v) is 6.55. The van der Waals surface area contributed by atoms with Gasteiger partial charge in [0.15, 0.2) is 0 Å². The Kier molecular flexibility index (Phi) is 6.53. The minimum Gasteiger partial charge on any atom is -0.395 e. The summed E-state index contributed by atoms with van der Waals surface area (Å²) in [5, 5.41) is 10.0. The van der Waals surface area contributed by atoms with Gasteiger partial charge in [-0.05, 0) is 35.2 Å². The third kappa shape index (κ3) is 5.25. The lowest BCUT2D eigenvalue weighted by Crippen LogP contribution is -2.38. The third-order valence-corrected chi connectivity index (χ3v) is 4.54. The highest BCUT2D eigenvalue weighted by molar-refractivity contribution is 5.20. The zero-order chi connectivity index (χ0) is 18.2. The first-order chi connectivity index (χ1) is 12.7. The molecule has 2 nitrogen and oxygen atoms in total. The first-order valence-electron chi connectivity index (χ1n) is 8.92. The monoisotopic (exact) mass is 349 g/mol. The van der Waals surface area contributed by atoms with E-state index in [2.05, 4.69) is 29.2 Å². The van der Waals surface area contributed by atoms with E-state index in [0.717, 1.165) is 18.7 Å². The number of halogens is 1.